The van der Waals surface area contributed by atoms with Crippen molar-refractivity contribution in [2.24, 2.45) is 11.7 Å². The molecule has 0 radical (unpaired) electrons. The lowest BCUT2D eigenvalue weighted by Crippen LogP contribution is -2.34. The molecule has 0 bridgehead atoms. The van der Waals surface area contributed by atoms with Crippen LogP contribution in [0.4, 0.5) is 4.39 Å². The molecule has 0 saturated heterocycles. The molecule has 0 aromatic heterocycles. The van der Waals surface area contributed by atoms with Gasteiger partial charge in [-0.15, -0.1) is 11.8 Å². The van der Waals surface area contributed by atoms with Crippen molar-refractivity contribution in [3.8, 4) is 0 Å². The fourth-order valence-corrected chi connectivity index (χ4v) is 2.12. The molecule has 3 nitrogen and oxygen atoms in total. The molecule has 0 spiro atoms. The van der Waals surface area contributed by atoms with Crippen LogP contribution in [-0.2, 0) is 4.79 Å². The van der Waals surface area contributed by atoms with E-state index in [0.29, 0.717) is 18.8 Å². The molecule has 0 aliphatic rings. The van der Waals surface area contributed by atoms with Crippen molar-refractivity contribution in [3.05, 3.63) is 30.1 Å². The van der Waals surface area contributed by atoms with E-state index in [1.807, 2.05) is 6.92 Å². The lowest BCUT2D eigenvalue weighted by atomic mass is 10.2. The Morgan fingerprint density at radius 3 is 2.71 bits per heavy atom. The normalized spacial score (nSPS) is 12.2. The van der Waals surface area contributed by atoms with Gasteiger partial charge in [0.1, 0.15) is 5.82 Å². The summed E-state index contributed by atoms with van der Waals surface area (Å²) in [5, 5.41) is 2.74. The molecule has 0 saturated carbocycles. The number of amides is 1. The van der Waals surface area contributed by atoms with Crippen molar-refractivity contribution in [1.29, 1.82) is 0 Å². The summed E-state index contributed by atoms with van der Waals surface area (Å²) in [6.07, 6.45) is 0. The molecule has 0 aliphatic carbocycles. The number of hydrogen-bond acceptors (Lipinski definition) is 3. The van der Waals surface area contributed by atoms with Crippen molar-refractivity contribution >= 4 is 17.7 Å². The highest BCUT2D eigenvalue weighted by atomic mass is 32.2. The third kappa shape index (κ3) is 5.19. The minimum atomic E-state index is -0.247. The highest BCUT2D eigenvalue weighted by Gasteiger charge is 2.12. The maximum Gasteiger partial charge on any atom is 0.223 e. The van der Waals surface area contributed by atoms with Crippen LogP contribution in [0.15, 0.2) is 29.2 Å². The Morgan fingerprint density at radius 2 is 2.12 bits per heavy atom. The first kappa shape index (κ1) is 14.0. The van der Waals surface area contributed by atoms with Gasteiger partial charge in [0.2, 0.25) is 5.91 Å². The van der Waals surface area contributed by atoms with Crippen molar-refractivity contribution < 1.29 is 9.18 Å². The van der Waals surface area contributed by atoms with Crippen molar-refractivity contribution in [3.63, 3.8) is 0 Å². The third-order valence-electron chi connectivity index (χ3n) is 2.20. The predicted octanol–water partition coefficient (Wildman–Crippen LogP) is 1.63. The summed E-state index contributed by atoms with van der Waals surface area (Å²) < 4.78 is 12.7. The number of carbonyl (C=O) groups excluding carboxylic acids is 1. The van der Waals surface area contributed by atoms with E-state index in [4.69, 9.17) is 5.73 Å². The van der Waals surface area contributed by atoms with Gasteiger partial charge in [0.25, 0.3) is 0 Å². The van der Waals surface area contributed by atoms with E-state index in [-0.39, 0.29) is 17.6 Å². The number of rotatable bonds is 6. The van der Waals surface area contributed by atoms with Gasteiger partial charge in [-0.3, -0.25) is 4.79 Å². The largest absolute Gasteiger partial charge is 0.355 e. The zero-order valence-electron chi connectivity index (χ0n) is 9.78. The van der Waals surface area contributed by atoms with Crippen LogP contribution in [0.5, 0.6) is 0 Å². The van der Waals surface area contributed by atoms with E-state index >= 15 is 0 Å². The Balaban J connectivity index is 2.34. The molecule has 0 fully saturated rings. The Bertz CT molecular complexity index is 356. The Morgan fingerprint density at radius 1 is 1.47 bits per heavy atom. The van der Waals surface area contributed by atoms with Crippen LogP contribution in [0.1, 0.15) is 6.92 Å². The molecule has 94 valence electrons. The number of nitrogens with two attached hydrogens (primary N) is 1. The number of halogens is 1. The summed E-state index contributed by atoms with van der Waals surface area (Å²) >= 11 is 1.54. The maximum absolute atomic E-state index is 12.7. The number of thioether (sulfide) groups is 1. The lowest BCUT2D eigenvalue weighted by molar-refractivity contribution is -0.123. The molecular weight excluding hydrogens is 239 g/mol. The molecule has 1 aromatic carbocycles. The molecule has 1 aromatic rings. The van der Waals surface area contributed by atoms with Crippen LogP contribution in [0.2, 0.25) is 0 Å². The van der Waals surface area contributed by atoms with Crippen molar-refractivity contribution in [2.75, 3.05) is 18.8 Å². The Hall–Kier alpha value is -1.07. The summed E-state index contributed by atoms with van der Waals surface area (Å²) in [5.41, 5.74) is 5.30. The first-order valence-electron chi connectivity index (χ1n) is 5.49. The molecule has 1 rings (SSSR count). The Kier molecular flexibility index (Phi) is 6.00. The van der Waals surface area contributed by atoms with E-state index in [1.165, 1.54) is 12.1 Å². The van der Waals surface area contributed by atoms with Gasteiger partial charge in [-0.2, -0.15) is 0 Å². The SMILES string of the molecule is CC(CSc1ccc(F)cc1)C(=O)NCCN. The second-order valence-corrected chi connectivity index (χ2v) is 4.84. The standard InChI is InChI=1S/C12H17FN2OS/c1-9(12(16)15-7-6-14)8-17-11-4-2-10(13)3-5-11/h2-5,9H,6-8,14H2,1H3,(H,15,16). The minimum Gasteiger partial charge on any atom is -0.355 e. The van der Waals surface area contributed by atoms with Crippen LogP contribution < -0.4 is 11.1 Å². The van der Waals surface area contributed by atoms with Gasteiger partial charge < -0.3 is 11.1 Å². The fraction of sp³-hybridized carbons (Fsp3) is 0.417. The van der Waals surface area contributed by atoms with Crippen molar-refractivity contribution in [2.45, 2.75) is 11.8 Å². The highest BCUT2D eigenvalue weighted by molar-refractivity contribution is 7.99. The van der Waals surface area contributed by atoms with E-state index in [2.05, 4.69) is 5.32 Å². The predicted molar refractivity (Wildman–Crippen MR) is 68.4 cm³/mol. The maximum atomic E-state index is 12.7. The number of nitrogens with one attached hydrogen (secondary N) is 1. The average molecular weight is 256 g/mol. The molecule has 5 heteroatoms. The first-order valence-corrected chi connectivity index (χ1v) is 6.48. The van der Waals surface area contributed by atoms with E-state index in [1.54, 1.807) is 23.9 Å². The van der Waals surface area contributed by atoms with Crippen LogP contribution in [-0.4, -0.2) is 24.7 Å². The summed E-state index contributed by atoms with van der Waals surface area (Å²) in [6.45, 7) is 2.82. The lowest BCUT2D eigenvalue weighted by Gasteiger charge is -2.11. The van der Waals surface area contributed by atoms with E-state index in [9.17, 15) is 9.18 Å². The minimum absolute atomic E-state index is 0.00469. The fourth-order valence-electron chi connectivity index (χ4n) is 1.20. The summed E-state index contributed by atoms with van der Waals surface area (Å²) in [6, 6.07) is 6.26. The topological polar surface area (TPSA) is 55.1 Å². The Labute approximate surface area is 105 Å². The number of carbonyl (C=O) groups is 1. The van der Waals surface area contributed by atoms with Crippen LogP contribution in [0, 0.1) is 11.7 Å². The van der Waals surface area contributed by atoms with Gasteiger partial charge in [0.15, 0.2) is 0 Å². The smallest absolute Gasteiger partial charge is 0.223 e. The second-order valence-electron chi connectivity index (χ2n) is 3.75. The van der Waals surface area contributed by atoms with E-state index in [0.717, 1.165) is 4.90 Å². The zero-order valence-corrected chi connectivity index (χ0v) is 10.6. The summed E-state index contributed by atoms with van der Waals surface area (Å²) in [4.78, 5) is 12.5. The molecule has 0 heterocycles. The summed E-state index contributed by atoms with van der Waals surface area (Å²) in [7, 11) is 0. The van der Waals surface area contributed by atoms with Gasteiger partial charge >= 0.3 is 0 Å². The molecule has 17 heavy (non-hydrogen) atoms. The molecular formula is C12H17FN2OS. The molecule has 0 aliphatic heterocycles. The molecule has 1 amide bonds. The second kappa shape index (κ2) is 7.29. The van der Waals surface area contributed by atoms with Gasteiger partial charge in [-0.25, -0.2) is 4.39 Å². The van der Waals surface area contributed by atoms with Crippen molar-refractivity contribution in [1.82, 2.24) is 5.32 Å². The zero-order chi connectivity index (χ0) is 12.7. The van der Waals surface area contributed by atoms with Crippen LogP contribution in [0.3, 0.4) is 0 Å². The number of hydrogen-bond donors (Lipinski definition) is 2. The van der Waals surface area contributed by atoms with Crippen LogP contribution in [0.25, 0.3) is 0 Å². The van der Waals surface area contributed by atoms with Gasteiger partial charge in [-0.1, -0.05) is 6.92 Å². The number of benzene rings is 1. The highest BCUT2D eigenvalue weighted by Crippen LogP contribution is 2.20. The molecule has 3 N–H and O–H groups in total. The average Bonchev–Trinajstić information content (AvgIpc) is 2.34. The van der Waals surface area contributed by atoms with Gasteiger partial charge in [0.05, 0.1) is 0 Å². The first-order chi connectivity index (χ1) is 8.13. The van der Waals surface area contributed by atoms with Crippen LogP contribution >= 0.6 is 11.8 Å². The van der Waals surface area contributed by atoms with E-state index < -0.39 is 0 Å². The monoisotopic (exact) mass is 256 g/mol. The third-order valence-corrected chi connectivity index (χ3v) is 3.48. The van der Waals surface area contributed by atoms with Gasteiger partial charge in [0, 0.05) is 29.7 Å². The van der Waals surface area contributed by atoms with Gasteiger partial charge in [-0.05, 0) is 24.3 Å². The molecule has 1 unspecified atom stereocenters. The quantitative estimate of drug-likeness (QED) is 0.761. The summed E-state index contributed by atoms with van der Waals surface area (Å²) in [5.74, 6) is 0.340. The molecule has 1 atom stereocenters.